The van der Waals surface area contributed by atoms with Gasteiger partial charge in [-0.05, 0) is 36.6 Å². The quantitative estimate of drug-likeness (QED) is 0.808. The highest BCUT2D eigenvalue weighted by Crippen LogP contribution is 2.21. The standard InChI is InChI=1S/C17H28N2O2S/c1-4-5-10-18-11-13-19(14-12-18)22(20,21)17-8-6-16(7-9-17)15(2)3/h6-9,15H,4-5,10-14H2,1-3H3. The molecule has 0 amide bonds. The summed E-state index contributed by atoms with van der Waals surface area (Å²) in [5.74, 6) is 0.416. The highest BCUT2D eigenvalue weighted by molar-refractivity contribution is 7.89. The van der Waals surface area contributed by atoms with E-state index >= 15 is 0 Å². The predicted molar refractivity (Wildman–Crippen MR) is 90.6 cm³/mol. The van der Waals surface area contributed by atoms with Crippen molar-refractivity contribution in [3.63, 3.8) is 0 Å². The van der Waals surface area contributed by atoms with Crippen molar-refractivity contribution in [3.05, 3.63) is 29.8 Å². The summed E-state index contributed by atoms with van der Waals surface area (Å²) in [7, 11) is -3.34. The monoisotopic (exact) mass is 324 g/mol. The van der Waals surface area contributed by atoms with Gasteiger partial charge in [0.05, 0.1) is 4.90 Å². The predicted octanol–water partition coefficient (Wildman–Crippen LogP) is 2.92. The van der Waals surface area contributed by atoms with Crippen LogP contribution in [0.3, 0.4) is 0 Å². The number of piperazine rings is 1. The van der Waals surface area contributed by atoms with Crippen molar-refractivity contribution in [2.24, 2.45) is 0 Å². The third-order valence-corrected chi connectivity index (χ3v) is 6.26. The minimum absolute atomic E-state index is 0.416. The Kier molecular flexibility index (Phi) is 6.01. The molecule has 1 heterocycles. The van der Waals surface area contributed by atoms with Crippen LogP contribution in [0.4, 0.5) is 0 Å². The van der Waals surface area contributed by atoms with Gasteiger partial charge >= 0.3 is 0 Å². The number of hydrogen-bond donors (Lipinski definition) is 0. The number of nitrogens with zero attached hydrogens (tertiary/aromatic N) is 2. The van der Waals surface area contributed by atoms with Gasteiger partial charge in [-0.3, -0.25) is 0 Å². The summed E-state index contributed by atoms with van der Waals surface area (Å²) >= 11 is 0. The Hall–Kier alpha value is -0.910. The second-order valence-electron chi connectivity index (χ2n) is 6.32. The molecule has 0 aromatic heterocycles. The Balaban J connectivity index is 2.02. The second kappa shape index (κ2) is 7.57. The fourth-order valence-corrected chi connectivity index (χ4v) is 4.17. The third kappa shape index (κ3) is 4.09. The fourth-order valence-electron chi connectivity index (χ4n) is 2.75. The van der Waals surface area contributed by atoms with Crippen molar-refractivity contribution in [1.29, 1.82) is 0 Å². The number of hydrogen-bond acceptors (Lipinski definition) is 3. The lowest BCUT2D eigenvalue weighted by molar-refractivity contribution is 0.186. The highest BCUT2D eigenvalue weighted by atomic mass is 32.2. The maximum absolute atomic E-state index is 12.7. The molecule has 0 aliphatic carbocycles. The van der Waals surface area contributed by atoms with Gasteiger partial charge < -0.3 is 4.90 Å². The smallest absolute Gasteiger partial charge is 0.243 e. The lowest BCUT2D eigenvalue weighted by atomic mass is 10.0. The van der Waals surface area contributed by atoms with Gasteiger partial charge in [0.25, 0.3) is 0 Å². The Morgan fingerprint density at radius 3 is 2.14 bits per heavy atom. The molecular weight excluding hydrogens is 296 g/mol. The summed E-state index contributed by atoms with van der Waals surface area (Å²) in [6.45, 7) is 10.3. The van der Waals surface area contributed by atoms with Gasteiger partial charge in [-0.15, -0.1) is 0 Å². The van der Waals surface area contributed by atoms with Crippen molar-refractivity contribution in [3.8, 4) is 0 Å². The first-order valence-corrected chi connectivity index (χ1v) is 9.71. The zero-order valence-electron chi connectivity index (χ0n) is 14.0. The molecule has 1 aromatic carbocycles. The van der Waals surface area contributed by atoms with Crippen molar-refractivity contribution in [1.82, 2.24) is 9.21 Å². The summed E-state index contributed by atoms with van der Waals surface area (Å²) in [5, 5.41) is 0. The van der Waals surface area contributed by atoms with Crippen LogP contribution in [0.25, 0.3) is 0 Å². The van der Waals surface area contributed by atoms with Crippen LogP contribution < -0.4 is 0 Å². The summed E-state index contributed by atoms with van der Waals surface area (Å²) in [6, 6.07) is 7.34. The number of sulfonamides is 1. The maximum Gasteiger partial charge on any atom is 0.243 e. The first-order valence-electron chi connectivity index (χ1n) is 8.27. The third-order valence-electron chi connectivity index (χ3n) is 4.34. The molecule has 0 N–H and O–H groups in total. The van der Waals surface area contributed by atoms with E-state index < -0.39 is 10.0 Å². The zero-order valence-corrected chi connectivity index (χ0v) is 14.8. The van der Waals surface area contributed by atoms with Crippen LogP contribution in [-0.2, 0) is 10.0 Å². The topological polar surface area (TPSA) is 40.6 Å². The highest BCUT2D eigenvalue weighted by Gasteiger charge is 2.28. The lowest BCUT2D eigenvalue weighted by Crippen LogP contribution is -2.48. The van der Waals surface area contributed by atoms with E-state index in [-0.39, 0.29) is 0 Å². The van der Waals surface area contributed by atoms with Crippen molar-refractivity contribution in [2.75, 3.05) is 32.7 Å². The van der Waals surface area contributed by atoms with Crippen LogP contribution in [0.1, 0.15) is 45.1 Å². The number of unbranched alkanes of at least 4 members (excludes halogenated alkanes) is 1. The summed E-state index contributed by atoms with van der Waals surface area (Å²) in [6.07, 6.45) is 2.37. The zero-order chi connectivity index (χ0) is 16.2. The molecule has 0 saturated carbocycles. The molecule has 4 nitrogen and oxygen atoms in total. The van der Waals surface area contributed by atoms with E-state index in [2.05, 4.69) is 25.7 Å². The molecule has 1 saturated heterocycles. The molecule has 1 aromatic rings. The average Bonchev–Trinajstić information content (AvgIpc) is 2.53. The van der Waals surface area contributed by atoms with Crippen molar-refractivity contribution >= 4 is 10.0 Å². The molecule has 0 radical (unpaired) electrons. The van der Waals surface area contributed by atoms with Crippen LogP contribution in [-0.4, -0.2) is 50.3 Å². The van der Waals surface area contributed by atoms with Crippen LogP contribution in [0.15, 0.2) is 29.2 Å². The SMILES string of the molecule is CCCCN1CCN(S(=O)(=O)c2ccc(C(C)C)cc2)CC1. The van der Waals surface area contributed by atoms with Gasteiger partial charge in [-0.25, -0.2) is 8.42 Å². The summed E-state index contributed by atoms with van der Waals surface area (Å²) in [4.78, 5) is 2.77. The molecule has 0 bridgehead atoms. The van der Waals surface area contributed by atoms with Crippen LogP contribution >= 0.6 is 0 Å². The molecule has 1 aliphatic rings. The Morgan fingerprint density at radius 2 is 1.64 bits per heavy atom. The molecule has 0 unspecified atom stereocenters. The first-order chi connectivity index (χ1) is 10.4. The molecule has 0 atom stereocenters. The van der Waals surface area contributed by atoms with Crippen LogP contribution in [0.5, 0.6) is 0 Å². The molecule has 0 spiro atoms. The first kappa shape index (κ1) is 17.4. The number of rotatable bonds is 6. The van der Waals surface area contributed by atoms with E-state index in [0.29, 0.717) is 23.9 Å². The van der Waals surface area contributed by atoms with E-state index in [1.807, 2.05) is 12.1 Å². The van der Waals surface area contributed by atoms with Gasteiger partial charge in [-0.1, -0.05) is 39.3 Å². The van der Waals surface area contributed by atoms with Crippen molar-refractivity contribution in [2.45, 2.75) is 44.4 Å². The second-order valence-corrected chi connectivity index (χ2v) is 8.26. The Morgan fingerprint density at radius 1 is 1.05 bits per heavy atom. The minimum atomic E-state index is -3.34. The molecule has 2 rings (SSSR count). The Labute approximate surface area is 135 Å². The van der Waals surface area contributed by atoms with Gasteiger partial charge in [-0.2, -0.15) is 4.31 Å². The Bertz CT molecular complexity index is 559. The molecular formula is C17H28N2O2S. The van der Waals surface area contributed by atoms with E-state index in [9.17, 15) is 8.42 Å². The van der Waals surface area contributed by atoms with Gasteiger partial charge in [0.15, 0.2) is 0 Å². The average molecular weight is 324 g/mol. The van der Waals surface area contributed by atoms with Crippen molar-refractivity contribution < 1.29 is 8.42 Å². The van der Waals surface area contributed by atoms with E-state index in [0.717, 1.165) is 19.6 Å². The molecule has 124 valence electrons. The normalized spacial score (nSPS) is 18.0. The van der Waals surface area contributed by atoms with Crippen LogP contribution in [0.2, 0.25) is 0 Å². The number of benzene rings is 1. The fraction of sp³-hybridized carbons (Fsp3) is 0.647. The maximum atomic E-state index is 12.7. The van der Waals surface area contributed by atoms with Gasteiger partial charge in [0, 0.05) is 26.2 Å². The molecule has 1 aliphatic heterocycles. The minimum Gasteiger partial charge on any atom is -0.301 e. The summed E-state index contributed by atoms with van der Waals surface area (Å²) < 4.78 is 27.0. The van der Waals surface area contributed by atoms with Gasteiger partial charge in [0.2, 0.25) is 10.0 Å². The molecule has 1 fully saturated rings. The van der Waals surface area contributed by atoms with Gasteiger partial charge in [0.1, 0.15) is 0 Å². The molecule has 22 heavy (non-hydrogen) atoms. The van der Waals surface area contributed by atoms with E-state index in [1.165, 1.54) is 18.4 Å². The van der Waals surface area contributed by atoms with Crippen LogP contribution in [0, 0.1) is 0 Å². The lowest BCUT2D eigenvalue weighted by Gasteiger charge is -2.33. The largest absolute Gasteiger partial charge is 0.301 e. The molecule has 5 heteroatoms. The van der Waals surface area contributed by atoms with E-state index in [1.54, 1.807) is 16.4 Å². The summed E-state index contributed by atoms with van der Waals surface area (Å²) in [5.41, 5.74) is 1.17. The van der Waals surface area contributed by atoms with E-state index in [4.69, 9.17) is 0 Å².